The monoisotopic (exact) mass is 266 g/mol. The minimum Gasteiger partial charge on any atom is -0.391 e. The van der Waals surface area contributed by atoms with E-state index in [0.29, 0.717) is 6.54 Å². The van der Waals surface area contributed by atoms with Crippen LogP contribution in [0.3, 0.4) is 0 Å². The summed E-state index contributed by atoms with van der Waals surface area (Å²) >= 11 is 0. The van der Waals surface area contributed by atoms with Gasteiger partial charge in [-0.2, -0.15) is 5.10 Å². The van der Waals surface area contributed by atoms with Gasteiger partial charge in [-0.3, -0.25) is 4.68 Å². The molecule has 0 aliphatic carbocycles. The SMILES string of the molecule is Cc1nn(C)c(N2CCC(O)C2)c1CNC(C)(C)C. The number of nitrogens with one attached hydrogen (secondary N) is 1. The lowest BCUT2D eigenvalue weighted by atomic mass is 10.1. The van der Waals surface area contributed by atoms with Crippen molar-refractivity contribution in [1.29, 1.82) is 0 Å². The van der Waals surface area contributed by atoms with Gasteiger partial charge in [0.2, 0.25) is 0 Å². The Morgan fingerprint density at radius 1 is 1.42 bits per heavy atom. The summed E-state index contributed by atoms with van der Waals surface area (Å²) in [6.45, 7) is 11.0. The average molecular weight is 266 g/mol. The Bertz CT molecular complexity index is 447. The lowest BCUT2D eigenvalue weighted by Gasteiger charge is -2.24. The standard InChI is InChI=1S/C14H26N4O/c1-10-12(8-15-14(2,3)4)13(17(5)16-10)18-7-6-11(19)9-18/h11,15,19H,6-9H2,1-5H3. The van der Waals surface area contributed by atoms with Crippen LogP contribution in [0.4, 0.5) is 5.82 Å². The van der Waals surface area contributed by atoms with E-state index in [1.54, 1.807) is 0 Å². The van der Waals surface area contributed by atoms with Crippen molar-refractivity contribution in [3.63, 3.8) is 0 Å². The Labute approximate surface area is 115 Å². The summed E-state index contributed by atoms with van der Waals surface area (Å²) in [4.78, 5) is 2.24. The first-order chi connectivity index (χ1) is 8.78. The summed E-state index contributed by atoms with van der Waals surface area (Å²) in [6.07, 6.45) is 0.634. The Morgan fingerprint density at radius 3 is 2.63 bits per heavy atom. The van der Waals surface area contributed by atoms with Crippen molar-refractivity contribution in [2.75, 3.05) is 18.0 Å². The van der Waals surface area contributed by atoms with Gasteiger partial charge in [-0.25, -0.2) is 0 Å². The molecule has 1 aliphatic rings. The van der Waals surface area contributed by atoms with Crippen molar-refractivity contribution in [2.45, 2.75) is 52.3 Å². The van der Waals surface area contributed by atoms with Crippen LogP contribution in [-0.4, -0.2) is 39.6 Å². The average Bonchev–Trinajstić information content (AvgIpc) is 2.78. The maximum Gasteiger partial charge on any atom is 0.131 e. The second-order valence-corrected chi connectivity index (χ2v) is 6.50. The lowest BCUT2D eigenvalue weighted by molar-refractivity contribution is 0.198. The van der Waals surface area contributed by atoms with E-state index in [4.69, 9.17) is 0 Å². The molecule has 1 aliphatic heterocycles. The topological polar surface area (TPSA) is 53.3 Å². The van der Waals surface area contributed by atoms with Crippen LogP contribution in [0, 0.1) is 6.92 Å². The Kier molecular flexibility index (Phi) is 3.87. The second-order valence-electron chi connectivity index (χ2n) is 6.50. The molecule has 1 fully saturated rings. The first-order valence-electron chi connectivity index (χ1n) is 6.98. The number of anilines is 1. The van der Waals surface area contributed by atoms with E-state index < -0.39 is 0 Å². The number of β-amino-alcohol motifs (C(OH)–C–C–N with tert-alkyl or cyclic N) is 1. The van der Waals surface area contributed by atoms with Crippen LogP contribution in [0.25, 0.3) is 0 Å². The normalized spacial score (nSPS) is 20.3. The third kappa shape index (κ3) is 3.28. The number of nitrogens with zero attached hydrogens (tertiary/aromatic N) is 3. The van der Waals surface area contributed by atoms with Crippen LogP contribution in [0.15, 0.2) is 0 Å². The smallest absolute Gasteiger partial charge is 0.131 e. The Balaban J connectivity index is 2.22. The summed E-state index contributed by atoms with van der Waals surface area (Å²) in [5.74, 6) is 1.14. The van der Waals surface area contributed by atoms with Crippen molar-refractivity contribution < 1.29 is 5.11 Å². The highest BCUT2D eigenvalue weighted by molar-refractivity contribution is 5.51. The van der Waals surface area contributed by atoms with Crippen LogP contribution in [0.2, 0.25) is 0 Å². The predicted molar refractivity (Wildman–Crippen MR) is 77.4 cm³/mol. The molecule has 0 saturated carbocycles. The van der Waals surface area contributed by atoms with Gasteiger partial charge in [0, 0.05) is 37.8 Å². The van der Waals surface area contributed by atoms with Gasteiger partial charge in [0.05, 0.1) is 11.8 Å². The Morgan fingerprint density at radius 2 is 2.11 bits per heavy atom. The van der Waals surface area contributed by atoms with Gasteiger partial charge in [0.1, 0.15) is 5.82 Å². The van der Waals surface area contributed by atoms with Gasteiger partial charge < -0.3 is 15.3 Å². The molecule has 19 heavy (non-hydrogen) atoms. The summed E-state index contributed by atoms with van der Waals surface area (Å²) in [5, 5.41) is 17.8. The van der Waals surface area contributed by atoms with Crippen molar-refractivity contribution in [3.05, 3.63) is 11.3 Å². The number of hydrogen-bond acceptors (Lipinski definition) is 4. The molecule has 0 radical (unpaired) electrons. The van der Waals surface area contributed by atoms with Gasteiger partial charge in [0.25, 0.3) is 0 Å². The molecular weight excluding hydrogens is 240 g/mol. The van der Waals surface area contributed by atoms with Crippen molar-refractivity contribution in [2.24, 2.45) is 7.05 Å². The van der Waals surface area contributed by atoms with Crippen LogP contribution >= 0.6 is 0 Å². The van der Waals surface area contributed by atoms with Gasteiger partial charge in [-0.1, -0.05) is 0 Å². The number of aliphatic hydroxyl groups excluding tert-OH is 1. The number of hydrogen-bond donors (Lipinski definition) is 2. The van der Waals surface area contributed by atoms with E-state index in [1.165, 1.54) is 5.56 Å². The first-order valence-corrected chi connectivity index (χ1v) is 6.98. The molecule has 2 N–H and O–H groups in total. The van der Waals surface area contributed by atoms with Crippen molar-refractivity contribution >= 4 is 5.82 Å². The molecule has 2 heterocycles. The van der Waals surface area contributed by atoms with Gasteiger partial charge in [-0.05, 0) is 34.1 Å². The van der Waals surface area contributed by atoms with E-state index in [-0.39, 0.29) is 11.6 Å². The fourth-order valence-corrected chi connectivity index (χ4v) is 2.58. The number of aliphatic hydroxyl groups is 1. The second kappa shape index (κ2) is 5.13. The van der Waals surface area contributed by atoms with E-state index in [9.17, 15) is 5.11 Å². The van der Waals surface area contributed by atoms with Crippen LogP contribution < -0.4 is 10.2 Å². The highest BCUT2D eigenvalue weighted by Gasteiger charge is 2.26. The summed E-state index contributed by atoms with van der Waals surface area (Å²) in [6, 6.07) is 0. The fraction of sp³-hybridized carbons (Fsp3) is 0.786. The van der Waals surface area contributed by atoms with Crippen LogP contribution in [0.1, 0.15) is 38.4 Å². The maximum absolute atomic E-state index is 9.72. The predicted octanol–water partition coefficient (Wildman–Crippen LogP) is 1.19. The van der Waals surface area contributed by atoms with Gasteiger partial charge >= 0.3 is 0 Å². The molecule has 1 unspecified atom stereocenters. The minimum atomic E-state index is -0.210. The molecule has 0 amide bonds. The molecule has 0 aromatic carbocycles. The molecule has 5 nitrogen and oxygen atoms in total. The quantitative estimate of drug-likeness (QED) is 0.863. The highest BCUT2D eigenvalue weighted by Crippen LogP contribution is 2.27. The van der Waals surface area contributed by atoms with Crippen LogP contribution in [0.5, 0.6) is 0 Å². The molecular formula is C14H26N4O. The number of aromatic nitrogens is 2. The van der Waals surface area contributed by atoms with Crippen molar-refractivity contribution in [1.82, 2.24) is 15.1 Å². The molecule has 1 saturated heterocycles. The van der Waals surface area contributed by atoms with Gasteiger partial charge in [-0.15, -0.1) is 0 Å². The summed E-state index contributed by atoms with van der Waals surface area (Å²) in [7, 11) is 1.98. The molecule has 1 aromatic rings. The zero-order valence-corrected chi connectivity index (χ0v) is 12.7. The molecule has 5 heteroatoms. The first kappa shape index (κ1) is 14.3. The molecule has 108 valence electrons. The zero-order chi connectivity index (χ0) is 14.2. The van der Waals surface area contributed by atoms with E-state index >= 15 is 0 Å². The number of aryl methyl sites for hydroxylation is 2. The summed E-state index contributed by atoms with van der Waals surface area (Å²) in [5.41, 5.74) is 2.39. The maximum atomic E-state index is 9.72. The van der Waals surface area contributed by atoms with E-state index in [0.717, 1.165) is 31.0 Å². The molecule has 2 rings (SSSR count). The minimum absolute atomic E-state index is 0.0874. The third-order valence-corrected chi connectivity index (χ3v) is 3.57. The molecule has 1 aromatic heterocycles. The largest absolute Gasteiger partial charge is 0.391 e. The highest BCUT2D eigenvalue weighted by atomic mass is 16.3. The summed E-state index contributed by atoms with van der Waals surface area (Å²) < 4.78 is 1.94. The zero-order valence-electron chi connectivity index (χ0n) is 12.7. The van der Waals surface area contributed by atoms with Crippen LogP contribution in [-0.2, 0) is 13.6 Å². The third-order valence-electron chi connectivity index (χ3n) is 3.57. The van der Waals surface area contributed by atoms with E-state index in [1.807, 2.05) is 11.7 Å². The Hall–Kier alpha value is -1.07. The molecule has 1 atom stereocenters. The molecule has 0 bridgehead atoms. The lowest BCUT2D eigenvalue weighted by Crippen LogP contribution is -2.36. The van der Waals surface area contributed by atoms with Crippen molar-refractivity contribution in [3.8, 4) is 0 Å². The fourth-order valence-electron chi connectivity index (χ4n) is 2.58. The van der Waals surface area contributed by atoms with E-state index in [2.05, 4.69) is 43.0 Å². The van der Waals surface area contributed by atoms with Gasteiger partial charge in [0.15, 0.2) is 0 Å². The molecule has 0 spiro atoms. The number of rotatable bonds is 3.